The zero-order valence-electron chi connectivity index (χ0n) is 19.7. The summed E-state index contributed by atoms with van der Waals surface area (Å²) in [6.07, 6.45) is 39.5. The van der Waals surface area contributed by atoms with E-state index in [-0.39, 0.29) is 0 Å². The van der Waals surface area contributed by atoms with Gasteiger partial charge in [0.1, 0.15) is 0 Å². The van der Waals surface area contributed by atoms with Gasteiger partial charge in [-0.2, -0.15) is 0 Å². The Morgan fingerprint density at radius 2 is 0.714 bits per heavy atom. The molecule has 0 radical (unpaired) electrons. The molecule has 0 saturated heterocycles. The molecule has 0 nitrogen and oxygen atoms in total. The second-order valence-electron chi connectivity index (χ2n) is 8.88. The number of unbranched alkanes of at least 4 members (excludes halogenated alkanes) is 22. The maximum atomic E-state index is 3.70. The maximum Gasteiger partial charge on any atom is -0.0348 e. The summed E-state index contributed by atoms with van der Waals surface area (Å²) < 4.78 is 0. The van der Waals surface area contributed by atoms with Crippen LogP contribution >= 0.6 is 0 Å². The van der Waals surface area contributed by atoms with Gasteiger partial charge in [0, 0.05) is 0 Å². The lowest BCUT2D eigenvalue weighted by molar-refractivity contribution is 0.519. The predicted molar refractivity (Wildman–Crippen MR) is 131 cm³/mol. The maximum absolute atomic E-state index is 3.70. The average Bonchev–Trinajstić information content (AvgIpc) is 2.71. The van der Waals surface area contributed by atoms with Gasteiger partial charge >= 0.3 is 0 Å². The van der Waals surface area contributed by atoms with E-state index in [4.69, 9.17) is 0 Å². The van der Waals surface area contributed by atoms with Crippen molar-refractivity contribution in [2.75, 3.05) is 0 Å². The molecule has 0 saturated carbocycles. The van der Waals surface area contributed by atoms with Crippen molar-refractivity contribution in [3.63, 3.8) is 0 Å². The fourth-order valence-corrected chi connectivity index (χ4v) is 4.06. The van der Waals surface area contributed by atoms with Crippen molar-refractivity contribution in [3.8, 4) is 0 Å². The van der Waals surface area contributed by atoms with E-state index in [1.807, 2.05) is 6.08 Å². The number of hydrogen-bond donors (Lipinski definition) is 0. The molecule has 0 heteroatoms. The molecule has 0 aliphatic rings. The lowest BCUT2D eigenvalue weighted by Crippen LogP contribution is -1.84. The molecular weight excluding hydrogens is 336 g/mol. The van der Waals surface area contributed by atoms with Gasteiger partial charge in [-0.05, 0) is 12.8 Å². The monoisotopic (exact) mass is 390 g/mol. The van der Waals surface area contributed by atoms with E-state index in [1.165, 1.54) is 148 Å². The van der Waals surface area contributed by atoms with Crippen molar-refractivity contribution in [1.82, 2.24) is 0 Å². The standard InChI is InChI=1S/C28H54/c1-3-5-7-9-11-13-15-17-19-21-23-25-27-28-26-24-22-20-18-16-14-12-10-8-6-4-2/h3,5,7H,1,4,6,8-28H2,2H3/b7-5+. The minimum absolute atomic E-state index is 1.23. The van der Waals surface area contributed by atoms with Crippen molar-refractivity contribution < 1.29 is 0 Å². The first-order chi connectivity index (χ1) is 13.9. The lowest BCUT2D eigenvalue weighted by atomic mass is 10.0. The van der Waals surface area contributed by atoms with E-state index < -0.39 is 0 Å². The van der Waals surface area contributed by atoms with Gasteiger partial charge in [0.05, 0.1) is 0 Å². The molecule has 0 amide bonds. The first-order valence-corrected chi connectivity index (χ1v) is 13.2. The predicted octanol–water partition coefficient (Wildman–Crippen LogP) is 10.7. The molecule has 0 aliphatic carbocycles. The molecule has 0 aliphatic heterocycles. The summed E-state index contributed by atoms with van der Waals surface area (Å²) in [7, 11) is 0. The summed E-state index contributed by atoms with van der Waals surface area (Å²) in [6, 6.07) is 0. The Labute approximate surface area is 179 Å². The third-order valence-electron chi connectivity index (χ3n) is 6.00. The van der Waals surface area contributed by atoms with Crippen LogP contribution in [0, 0.1) is 0 Å². The first-order valence-electron chi connectivity index (χ1n) is 13.2. The molecule has 0 N–H and O–H groups in total. The van der Waals surface area contributed by atoms with Crippen LogP contribution in [0.5, 0.6) is 0 Å². The van der Waals surface area contributed by atoms with Crippen LogP contribution in [0.2, 0.25) is 0 Å². The van der Waals surface area contributed by atoms with Gasteiger partial charge in [0.2, 0.25) is 0 Å². The van der Waals surface area contributed by atoms with Crippen LogP contribution < -0.4 is 0 Å². The fourth-order valence-electron chi connectivity index (χ4n) is 4.06. The second-order valence-corrected chi connectivity index (χ2v) is 8.88. The molecule has 28 heavy (non-hydrogen) atoms. The molecule has 0 aromatic rings. The zero-order valence-corrected chi connectivity index (χ0v) is 19.7. The van der Waals surface area contributed by atoms with Gasteiger partial charge in [-0.3, -0.25) is 0 Å². The van der Waals surface area contributed by atoms with Crippen molar-refractivity contribution in [2.24, 2.45) is 0 Å². The third kappa shape index (κ3) is 25.5. The Kier molecular flexibility index (Phi) is 26.0. The molecule has 0 aromatic heterocycles. The summed E-state index contributed by atoms with van der Waals surface area (Å²) in [6.45, 7) is 6.00. The van der Waals surface area contributed by atoms with Crippen LogP contribution in [0.4, 0.5) is 0 Å². The largest absolute Gasteiger partial charge is 0.0991 e. The van der Waals surface area contributed by atoms with Gasteiger partial charge in [-0.1, -0.05) is 167 Å². The minimum Gasteiger partial charge on any atom is -0.0991 e. The zero-order chi connectivity index (χ0) is 20.4. The van der Waals surface area contributed by atoms with E-state index in [9.17, 15) is 0 Å². The third-order valence-corrected chi connectivity index (χ3v) is 6.00. The van der Waals surface area contributed by atoms with Crippen LogP contribution in [0.25, 0.3) is 0 Å². The Morgan fingerprint density at radius 3 is 1.00 bits per heavy atom. The molecule has 0 bridgehead atoms. The highest BCUT2D eigenvalue weighted by Gasteiger charge is 1.95. The molecule has 0 fully saturated rings. The number of allylic oxidation sites excluding steroid dienone is 3. The van der Waals surface area contributed by atoms with Crippen LogP contribution in [-0.2, 0) is 0 Å². The van der Waals surface area contributed by atoms with Crippen LogP contribution in [-0.4, -0.2) is 0 Å². The number of rotatable bonds is 24. The normalized spacial score (nSPS) is 11.5. The summed E-state index contributed by atoms with van der Waals surface area (Å²) in [5, 5.41) is 0. The van der Waals surface area contributed by atoms with E-state index in [1.54, 1.807) is 0 Å². The first kappa shape index (κ1) is 27.5. The summed E-state index contributed by atoms with van der Waals surface area (Å²) in [5.74, 6) is 0. The molecule has 0 unspecified atom stereocenters. The van der Waals surface area contributed by atoms with Crippen molar-refractivity contribution >= 4 is 0 Å². The van der Waals surface area contributed by atoms with E-state index in [0.29, 0.717) is 0 Å². The minimum atomic E-state index is 1.23. The summed E-state index contributed by atoms with van der Waals surface area (Å²) in [5.41, 5.74) is 0. The van der Waals surface area contributed by atoms with Crippen LogP contribution in [0.1, 0.15) is 155 Å². The molecule has 166 valence electrons. The molecular formula is C28H54. The van der Waals surface area contributed by atoms with Gasteiger partial charge in [-0.25, -0.2) is 0 Å². The lowest BCUT2D eigenvalue weighted by Gasteiger charge is -2.04. The smallest absolute Gasteiger partial charge is 0.0348 e. The molecule has 0 spiro atoms. The van der Waals surface area contributed by atoms with Crippen LogP contribution in [0.3, 0.4) is 0 Å². The Balaban J connectivity index is 2.99. The van der Waals surface area contributed by atoms with Gasteiger partial charge in [-0.15, -0.1) is 0 Å². The van der Waals surface area contributed by atoms with Crippen molar-refractivity contribution in [3.05, 3.63) is 24.8 Å². The highest BCUT2D eigenvalue weighted by Crippen LogP contribution is 2.15. The van der Waals surface area contributed by atoms with Crippen molar-refractivity contribution in [1.29, 1.82) is 0 Å². The SMILES string of the molecule is C=C/C=C/CCCCCCCCCCCCCCCCCCCCCCCC. The van der Waals surface area contributed by atoms with E-state index in [0.717, 1.165) is 0 Å². The second kappa shape index (κ2) is 26.5. The highest BCUT2D eigenvalue weighted by molar-refractivity contribution is 4.96. The van der Waals surface area contributed by atoms with E-state index >= 15 is 0 Å². The molecule has 0 rings (SSSR count). The Hall–Kier alpha value is -0.520. The fraction of sp³-hybridized carbons (Fsp3) is 0.857. The molecule has 0 heterocycles. The topological polar surface area (TPSA) is 0 Å². The quantitative estimate of drug-likeness (QED) is 0.113. The molecule has 0 atom stereocenters. The van der Waals surface area contributed by atoms with Crippen LogP contribution in [0.15, 0.2) is 24.8 Å². The van der Waals surface area contributed by atoms with Gasteiger partial charge in [0.15, 0.2) is 0 Å². The van der Waals surface area contributed by atoms with Gasteiger partial charge < -0.3 is 0 Å². The molecule has 0 aromatic carbocycles. The Morgan fingerprint density at radius 1 is 0.429 bits per heavy atom. The Bertz CT molecular complexity index is 301. The number of hydrogen-bond acceptors (Lipinski definition) is 0. The summed E-state index contributed by atoms with van der Waals surface area (Å²) >= 11 is 0. The highest BCUT2D eigenvalue weighted by atomic mass is 14.0. The average molecular weight is 391 g/mol. The van der Waals surface area contributed by atoms with Crippen molar-refractivity contribution in [2.45, 2.75) is 155 Å². The summed E-state index contributed by atoms with van der Waals surface area (Å²) in [4.78, 5) is 0. The van der Waals surface area contributed by atoms with E-state index in [2.05, 4.69) is 25.7 Å². The van der Waals surface area contributed by atoms with Gasteiger partial charge in [0.25, 0.3) is 0 Å².